The normalized spacial score (nSPS) is 18.1. The maximum Gasteiger partial charge on any atom is 0.290 e. The van der Waals surface area contributed by atoms with Crippen LogP contribution in [0, 0.1) is 0 Å². The molecule has 2 atom stereocenters. The molecule has 0 radical (unpaired) electrons. The van der Waals surface area contributed by atoms with Crippen molar-refractivity contribution in [2.45, 2.75) is 97.1 Å². The molecule has 2 aliphatic rings. The second kappa shape index (κ2) is 14.0. The van der Waals surface area contributed by atoms with Gasteiger partial charge >= 0.3 is 0 Å². The molecule has 1 fully saturated rings. The van der Waals surface area contributed by atoms with Gasteiger partial charge in [-0.15, -0.1) is 0 Å². The summed E-state index contributed by atoms with van der Waals surface area (Å²) < 4.78 is 2.52. The topological polar surface area (TPSA) is 75.4 Å². The van der Waals surface area contributed by atoms with Gasteiger partial charge in [-0.05, 0) is 57.2 Å². The molecule has 1 aliphatic heterocycles. The first-order chi connectivity index (χ1) is 18.1. The van der Waals surface area contributed by atoms with Crippen molar-refractivity contribution in [2.75, 3.05) is 11.4 Å². The Morgan fingerprint density at radius 3 is 2.32 bits per heavy atom. The molecule has 0 spiro atoms. The lowest BCUT2D eigenvalue weighted by Crippen LogP contribution is -2.37. The second-order valence-electron chi connectivity index (χ2n) is 9.76. The Labute approximate surface area is 221 Å². The van der Waals surface area contributed by atoms with E-state index in [1.807, 2.05) is 32.0 Å². The summed E-state index contributed by atoms with van der Waals surface area (Å²) in [5.41, 5.74) is 6.28. The third-order valence-corrected chi connectivity index (χ3v) is 7.74. The van der Waals surface area contributed by atoms with Crippen molar-refractivity contribution in [1.29, 1.82) is 0 Å². The lowest BCUT2D eigenvalue weighted by atomic mass is 9.93. The predicted molar refractivity (Wildman–Crippen MR) is 152 cm³/mol. The fraction of sp³-hybridized carbons (Fsp3) is 0.516. The first-order valence-corrected chi connectivity index (χ1v) is 14.0. The highest BCUT2D eigenvalue weighted by Crippen LogP contribution is 2.39. The molecular weight excluding hydrogens is 462 g/mol. The number of hydrogen-bond donors (Lipinski definition) is 1. The summed E-state index contributed by atoms with van der Waals surface area (Å²) in [6, 6.07) is 15.9. The van der Waals surface area contributed by atoms with Crippen LogP contribution < -0.4 is 4.90 Å². The summed E-state index contributed by atoms with van der Waals surface area (Å²) in [5.74, 6) is 0.932. The molecule has 200 valence electrons. The number of aromatic nitrogens is 2. The standard InChI is InChI=1S/C28H35N3O.C2H6.CH2O2/c1-3-30-20(2)14-15-24-25(30)16-17-26-28(24)29-27(31(26)23-12-8-5-9-13-23)18-22(19-32)21-10-6-4-7-11-21;1-2;2-1-3/h4,6-7,10-11,16-17,19-20,22-23H,3,5,8-9,12-15,18H2,1-2H3;1-2H3;1H,(H,2,3). The van der Waals surface area contributed by atoms with Crippen molar-refractivity contribution in [2.24, 2.45) is 0 Å². The molecule has 37 heavy (non-hydrogen) atoms. The average Bonchev–Trinajstić information content (AvgIpc) is 3.32. The van der Waals surface area contributed by atoms with Gasteiger partial charge in [0.15, 0.2) is 0 Å². The second-order valence-corrected chi connectivity index (χ2v) is 9.76. The van der Waals surface area contributed by atoms with Crippen molar-refractivity contribution < 1.29 is 14.7 Å². The van der Waals surface area contributed by atoms with E-state index in [4.69, 9.17) is 14.9 Å². The summed E-state index contributed by atoms with van der Waals surface area (Å²) in [4.78, 5) is 28.3. The van der Waals surface area contributed by atoms with Crippen LogP contribution in [0.2, 0.25) is 0 Å². The highest BCUT2D eigenvalue weighted by Gasteiger charge is 2.29. The van der Waals surface area contributed by atoms with Gasteiger partial charge in [0.1, 0.15) is 12.1 Å². The monoisotopic (exact) mass is 505 g/mol. The number of hydrogen-bond acceptors (Lipinski definition) is 4. The Morgan fingerprint density at radius 2 is 1.70 bits per heavy atom. The molecule has 1 aromatic heterocycles. The molecule has 0 saturated heterocycles. The molecule has 1 aliphatic carbocycles. The summed E-state index contributed by atoms with van der Waals surface area (Å²) >= 11 is 0. The van der Waals surface area contributed by atoms with Crippen LogP contribution in [-0.2, 0) is 22.4 Å². The van der Waals surface area contributed by atoms with Crippen LogP contribution in [0.1, 0.15) is 95.1 Å². The number of fused-ring (bicyclic) bond motifs is 3. The Balaban J connectivity index is 0.000000711. The fourth-order valence-electron chi connectivity index (χ4n) is 6.03. The molecule has 1 saturated carbocycles. The third kappa shape index (κ3) is 6.23. The van der Waals surface area contributed by atoms with E-state index >= 15 is 0 Å². The van der Waals surface area contributed by atoms with E-state index in [1.165, 1.54) is 60.8 Å². The smallest absolute Gasteiger partial charge is 0.290 e. The number of carbonyl (C=O) groups is 2. The zero-order chi connectivity index (χ0) is 26.8. The molecule has 1 N–H and O–H groups in total. The Bertz CT molecular complexity index is 1140. The number of anilines is 1. The van der Waals surface area contributed by atoms with E-state index in [1.54, 1.807) is 0 Å². The van der Waals surface area contributed by atoms with Gasteiger partial charge in [-0.3, -0.25) is 4.79 Å². The molecule has 3 aromatic rings. The van der Waals surface area contributed by atoms with Gasteiger partial charge < -0.3 is 19.4 Å². The van der Waals surface area contributed by atoms with Gasteiger partial charge in [0.25, 0.3) is 6.47 Å². The summed E-state index contributed by atoms with van der Waals surface area (Å²) in [7, 11) is 0. The highest BCUT2D eigenvalue weighted by atomic mass is 16.3. The number of aldehydes is 1. The number of rotatable bonds is 6. The van der Waals surface area contributed by atoms with Gasteiger partial charge in [-0.2, -0.15) is 0 Å². The minimum atomic E-state index is -0.250. The minimum Gasteiger partial charge on any atom is -0.483 e. The number of carboxylic acid groups (broad SMARTS) is 1. The molecule has 0 bridgehead atoms. The molecule has 2 unspecified atom stereocenters. The molecule has 2 heterocycles. The number of nitrogens with zero attached hydrogens (tertiary/aromatic N) is 3. The lowest BCUT2D eigenvalue weighted by molar-refractivity contribution is -0.122. The first kappa shape index (κ1) is 28.4. The van der Waals surface area contributed by atoms with Crippen LogP contribution in [0.25, 0.3) is 11.0 Å². The molecule has 6 nitrogen and oxygen atoms in total. The predicted octanol–water partition coefficient (Wildman–Crippen LogP) is 6.95. The summed E-state index contributed by atoms with van der Waals surface area (Å²) in [6.07, 6.45) is 10.4. The Kier molecular flexibility index (Phi) is 10.7. The van der Waals surface area contributed by atoms with Crippen molar-refractivity contribution in [1.82, 2.24) is 9.55 Å². The van der Waals surface area contributed by atoms with E-state index < -0.39 is 0 Å². The van der Waals surface area contributed by atoms with Gasteiger partial charge in [0.2, 0.25) is 0 Å². The maximum absolute atomic E-state index is 12.1. The summed E-state index contributed by atoms with van der Waals surface area (Å²) in [6.45, 7) is 9.35. The highest BCUT2D eigenvalue weighted by molar-refractivity contribution is 5.86. The Hall–Kier alpha value is -3.15. The van der Waals surface area contributed by atoms with Crippen molar-refractivity contribution in [3.05, 3.63) is 59.4 Å². The van der Waals surface area contributed by atoms with Gasteiger partial charge in [0, 0.05) is 42.2 Å². The van der Waals surface area contributed by atoms with Gasteiger partial charge in [0.05, 0.1) is 11.0 Å². The van der Waals surface area contributed by atoms with Crippen LogP contribution in [0.15, 0.2) is 42.5 Å². The molecular formula is C31H43N3O3. The zero-order valence-corrected chi connectivity index (χ0v) is 22.9. The van der Waals surface area contributed by atoms with Crippen molar-refractivity contribution in [3.63, 3.8) is 0 Å². The number of carbonyl (C=O) groups excluding carboxylic acids is 1. The number of benzene rings is 2. The van der Waals surface area contributed by atoms with Crippen LogP contribution in [0.5, 0.6) is 0 Å². The van der Waals surface area contributed by atoms with Gasteiger partial charge in [-0.25, -0.2) is 4.98 Å². The van der Waals surface area contributed by atoms with E-state index in [0.29, 0.717) is 18.5 Å². The zero-order valence-electron chi connectivity index (χ0n) is 22.9. The van der Waals surface area contributed by atoms with E-state index in [-0.39, 0.29) is 12.4 Å². The van der Waals surface area contributed by atoms with Crippen LogP contribution in [-0.4, -0.2) is 40.0 Å². The van der Waals surface area contributed by atoms with E-state index in [0.717, 1.165) is 30.6 Å². The van der Waals surface area contributed by atoms with Crippen molar-refractivity contribution in [3.8, 4) is 0 Å². The molecule has 2 aromatic carbocycles. The lowest BCUT2D eigenvalue weighted by Gasteiger charge is -2.36. The van der Waals surface area contributed by atoms with Crippen molar-refractivity contribution >= 4 is 29.5 Å². The largest absolute Gasteiger partial charge is 0.483 e. The van der Waals surface area contributed by atoms with E-state index in [2.05, 4.69) is 47.6 Å². The number of imidazole rings is 1. The third-order valence-electron chi connectivity index (χ3n) is 7.74. The SMILES string of the molecule is CC.CCN1c2ccc3c(nc(CC(C=O)c4ccccc4)n3C3CCCCC3)c2CCC1C.O=CO. The molecule has 6 heteroatoms. The van der Waals surface area contributed by atoms with E-state index in [9.17, 15) is 4.79 Å². The summed E-state index contributed by atoms with van der Waals surface area (Å²) in [5, 5.41) is 6.89. The minimum absolute atomic E-state index is 0.154. The quantitative estimate of drug-likeness (QED) is 0.367. The Morgan fingerprint density at radius 1 is 1.03 bits per heavy atom. The van der Waals surface area contributed by atoms with Crippen LogP contribution in [0.3, 0.4) is 0 Å². The van der Waals surface area contributed by atoms with Crippen LogP contribution in [0.4, 0.5) is 5.69 Å². The van der Waals surface area contributed by atoms with Gasteiger partial charge in [-0.1, -0.05) is 63.4 Å². The first-order valence-electron chi connectivity index (χ1n) is 14.0. The average molecular weight is 506 g/mol. The number of aryl methyl sites for hydroxylation is 1. The fourth-order valence-corrected chi connectivity index (χ4v) is 6.03. The van der Waals surface area contributed by atoms with Crippen LogP contribution >= 0.6 is 0 Å². The molecule has 0 amide bonds. The molecule has 5 rings (SSSR count). The maximum atomic E-state index is 12.1.